The molecule has 0 amide bonds. The Morgan fingerprint density at radius 3 is 2.89 bits per heavy atom. The zero-order chi connectivity index (χ0) is 13.0. The number of nitrogens with zero attached hydrogens (tertiary/aromatic N) is 2. The fraction of sp³-hybridized carbons (Fsp3) is 0.692. The summed E-state index contributed by atoms with van der Waals surface area (Å²) in [7, 11) is 0. The van der Waals surface area contributed by atoms with E-state index in [9.17, 15) is 0 Å². The molecule has 1 fully saturated rings. The molecule has 1 aromatic rings. The van der Waals surface area contributed by atoms with Crippen molar-refractivity contribution in [1.82, 2.24) is 9.97 Å². The van der Waals surface area contributed by atoms with Gasteiger partial charge in [-0.2, -0.15) is 0 Å². The molecule has 18 heavy (non-hydrogen) atoms. The molecule has 1 saturated heterocycles. The van der Waals surface area contributed by atoms with Crippen LogP contribution < -0.4 is 0 Å². The summed E-state index contributed by atoms with van der Waals surface area (Å²) in [6.07, 6.45) is 6.60. The van der Waals surface area contributed by atoms with Crippen LogP contribution in [0.5, 0.6) is 0 Å². The van der Waals surface area contributed by atoms with E-state index in [1.54, 1.807) is 0 Å². The van der Waals surface area contributed by atoms with Gasteiger partial charge in [0.2, 0.25) is 0 Å². The number of hydrogen-bond donors (Lipinski definition) is 0. The van der Waals surface area contributed by atoms with Crippen LogP contribution in [0.25, 0.3) is 0 Å². The third-order valence-electron chi connectivity index (χ3n) is 3.10. The Hall–Kier alpha value is 0.0600. The number of halogens is 2. The van der Waals surface area contributed by atoms with E-state index in [0.29, 0.717) is 5.15 Å². The molecule has 1 unspecified atom stereocenters. The summed E-state index contributed by atoms with van der Waals surface area (Å²) in [5.74, 6) is 0.829. The van der Waals surface area contributed by atoms with Gasteiger partial charge in [0.15, 0.2) is 0 Å². The van der Waals surface area contributed by atoms with Gasteiger partial charge in [0.1, 0.15) is 11.0 Å². The van der Waals surface area contributed by atoms with E-state index in [0.717, 1.165) is 47.4 Å². The molecule has 100 valence electrons. The van der Waals surface area contributed by atoms with E-state index >= 15 is 0 Å². The highest BCUT2D eigenvalue weighted by atomic mass is 127. The van der Waals surface area contributed by atoms with Crippen molar-refractivity contribution in [2.24, 2.45) is 0 Å². The minimum absolute atomic E-state index is 0.268. The van der Waals surface area contributed by atoms with E-state index in [1.807, 2.05) is 0 Å². The summed E-state index contributed by atoms with van der Waals surface area (Å²) >= 11 is 8.40. The van der Waals surface area contributed by atoms with Gasteiger partial charge < -0.3 is 4.74 Å². The Kier molecular flexibility index (Phi) is 5.63. The van der Waals surface area contributed by atoms with Crippen LogP contribution in [0.4, 0.5) is 0 Å². The molecule has 1 aromatic heterocycles. The van der Waals surface area contributed by atoms with Crippen LogP contribution in [-0.4, -0.2) is 22.7 Å². The average Bonchev–Trinajstić information content (AvgIpc) is 2.37. The Labute approximate surface area is 127 Å². The molecule has 0 spiro atoms. The van der Waals surface area contributed by atoms with Gasteiger partial charge in [-0.1, -0.05) is 24.9 Å². The van der Waals surface area contributed by atoms with Crippen molar-refractivity contribution in [2.45, 2.75) is 51.6 Å². The molecule has 2 heterocycles. The summed E-state index contributed by atoms with van der Waals surface area (Å²) in [5, 5.41) is 0.583. The molecule has 1 aliphatic rings. The van der Waals surface area contributed by atoms with Crippen LogP contribution in [0.3, 0.4) is 0 Å². The first-order valence-corrected chi connectivity index (χ1v) is 7.98. The highest BCUT2D eigenvalue weighted by molar-refractivity contribution is 14.1. The van der Waals surface area contributed by atoms with Gasteiger partial charge in [0.05, 0.1) is 15.4 Å². The molecule has 1 aliphatic heterocycles. The molecule has 1 atom stereocenters. The van der Waals surface area contributed by atoms with Gasteiger partial charge in [0.25, 0.3) is 0 Å². The van der Waals surface area contributed by atoms with Crippen LogP contribution in [0.2, 0.25) is 5.15 Å². The van der Waals surface area contributed by atoms with Crippen LogP contribution in [0.1, 0.15) is 44.1 Å². The lowest BCUT2D eigenvalue weighted by Gasteiger charge is -2.22. The van der Waals surface area contributed by atoms with Crippen molar-refractivity contribution >= 4 is 34.2 Å². The second kappa shape index (κ2) is 7.01. The lowest BCUT2D eigenvalue weighted by molar-refractivity contribution is 0.0156. The van der Waals surface area contributed by atoms with Crippen LogP contribution >= 0.6 is 34.2 Å². The van der Waals surface area contributed by atoms with Crippen molar-refractivity contribution < 1.29 is 4.74 Å². The molecular weight excluding hydrogens is 363 g/mol. The zero-order valence-corrected chi connectivity index (χ0v) is 13.5. The molecule has 2 rings (SSSR count). The standard InChI is InChI=1S/C13H18ClIN2O/c1-2-5-10-12(15)13(14)17-11(16-10)8-9-6-3-4-7-18-9/h9H,2-8H2,1H3. The van der Waals surface area contributed by atoms with Crippen molar-refractivity contribution in [2.75, 3.05) is 6.61 Å². The third kappa shape index (κ3) is 3.78. The van der Waals surface area contributed by atoms with Crippen LogP contribution in [0.15, 0.2) is 0 Å². The lowest BCUT2D eigenvalue weighted by Crippen LogP contribution is -2.22. The Morgan fingerprint density at radius 2 is 2.22 bits per heavy atom. The predicted molar refractivity (Wildman–Crippen MR) is 81.0 cm³/mol. The van der Waals surface area contributed by atoms with Gasteiger partial charge in [-0.05, 0) is 48.3 Å². The van der Waals surface area contributed by atoms with Crippen molar-refractivity contribution in [3.05, 3.63) is 20.2 Å². The highest BCUT2D eigenvalue weighted by Crippen LogP contribution is 2.22. The lowest BCUT2D eigenvalue weighted by atomic mass is 10.1. The van der Waals surface area contributed by atoms with Crippen LogP contribution in [0, 0.1) is 3.57 Å². The van der Waals surface area contributed by atoms with E-state index in [-0.39, 0.29) is 6.10 Å². The minimum Gasteiger partial charge on any atom is -0.378 e. The Bertz CT molecular complexity index is 408. The monoisotopic (exact) mass is 380 g/mol. The summed E-state index contributed by atoms with van der Waals surface area (Å²) in [4.78, 5) is 9.01. The predicted octanol–water partition coefficient (Wildman–Crippen LogP) is 3.80. The smallest absolute Gasteiger partial charge is 0.146 e. The van der Waals surface area contributed by atoms with E-state index in [2.05, 4.69) is 39.5 Å². The maximum absolute atomic E-state index is 6.17. The third-order valence-corrected chi connectivity index (χ3v) is 4.82. The molecule has 0 radical (unpaired) electrons. The fourth-order valence-corrected chi connectivity index (χ4v) is 2.89. The van der Waals surface area contributed by atoms with Gasteiger partial charge in [-0.25, -0.2) is 9.97 Å². The highest BCUT2D eigenvalue weighted by Gasteiger charge is 2.18. The second-order valence-corrected chi connectivity index (χ2v) is 6.07. The Morgan fingerprint density at radius 1 is 1.39 bits per heavy atom. The molecule has 0 aromatic carbocycles. The number of hydrogen-bond acceptors (Lipinski definition) is 3. The number of aromatic nitrogens is 2. The maximum atomic E-state index is 6.17. The van der Waals surface area contributed by atoms with Crippen molar-refractivity contribution in [3.8, 4) is 0 Å². The van der Waals surface area contributed by atoms with Gasteiger partial charge in [-0.15, -0.1) is 0 Å². The largest absolute Gasteiger partial charge is 0.378 e. The topological polar surface area (TPSA) is 35.0 Å². The summed E-state index contributed by atoms with van der Waals surface area (Å²) in [6, 6.07) is 0. The summed E-state index contributed by atoms with van der Waals surface area (Å²) in [5.41, 5.74) is 1.07. The number of rotatable bonds is 4. The van der Waals surface area contributed by atoms with Gasteiger partial charge in [-0.3, -0.25) is 0 Å². The van der Waals surface area contributed by atoms with E-state index < -0.39 is 0 Å². The second-order valence-electron chi connectivity index (χ2n) is 4.63. The van der Waals surface area contributed by atoms with Crippen LogP contribution in [-0.2, 0) is 17.6 Å². The maximum Gasteiger partial charge on any atom is 0.146 e. The van der Waals surface area contributed by atoms with Crippen molar-refractivity contribution in [3.63, 3.8) is 0 Å². The zero-order valence-electron chi connectivity index (χ0n) is 10.6. The van der Waals surface area contributed by atoms with E-state index in [4.69, 9.17) is 16.3 Å². The fourth-order valence-electron chi connectivity index (χ4n) is 2.18. The van der Waals surface area contributed by atoms with Crippen molar-refractivity contribution in [1.29, 1.82) is 0 Å². The molecule has 5 heteroatoms. The van der Waals surface area contributed by atoms with E-state index in [1.165, 1.54) is 12.8 Å². The molecule has 0 saturated carbocycles. The van der Waals surface area contributed by atoms with Gasteiger partial charge >= 0.3 is 0 Å². The van der Waals surface area contributed by atoms with Gasteiger partial charge in [0, 0.05) is 13.0 Å². The molecule has 0 bridgehead atoms. The average molecular weight is 381 g/mol. The molecule has 0 N–H and O–H groups in total. The Balaban J connectivity index is 2.11. The SMILES string of the molecule is CCCc1nc(CC2CCCCO2)nc(Cl)c1I. The first kappa shape index (κ1) is 14.5. The first-order chi connectivity index (χ1) is 8.70. The quantitative estimate of drug-likeness (QED) is 0.589. The summed E-state index contributed by atoms with van der Waals surface area (Å²) < 4.78 is 6.72. The summed E-state index contributed by atoms with van der Waals surface area (Å²) in [6.45, 7) is 3.01. The molecular formula is C13H18ClIN2O. The molecule has 0 aliphatic carbocycles. The molecule has 3 nitrogen and oxygen atoms in total. The normalized spacial score (nSPS) is 20.1. The first-order valence-electron chi connectivity index (χ1n) is 6.53. The number of ether oxygens (including phenoxy) is 1. The minimum atomic E-state index is 0.268. The number of aryl methyl sites for hydroxylation is 1.